The minimum atomic E-state index is -0.493. The molecule has 0 spiro atoms. The summed E-state index contributed by atoms with van der Waals surface area (Å²) in [5, 5.41) is 15.5. The van der Waals surface area contributed by atoms with Gasteiger partial charge in [-0.05, 0) is 23.4 Å². The molecule has 0 unspecified atom stereocenters. The third kappa shape index (κ3) is 3.53. The van der Waals surface area contributed by atoms with Crippen LogP contribution in [-0.2, 0) is 0 Å². The molecule has 0 radical (unpaired) electrons. The van der Waals surface area contributed by atoms with Crippen molar-refractivity contribution in [3.63, 3.8) is 0 Å². The largest absolute Gasteiger partial charge is 0.497 e. The van der Waals surface area contributed by atoms with E-state index in [1.54, 1.807) is 32.4 Å². The normalized spacial score (nSPS) is 10.3. The second-order valence-electron chi connectivity index (χ2n) is 5.04. The Morgan fingerprint density at radius 3 is 2.50 bits per heavy atom. The number of amides is 1. The number of H-pyrrole nitrogens is 1. The molecule has 0 bridgehead atoms. The first kappa shape index (κ1) is 17.1. The van der Waals surface area contributed by atoms with Gasteiger partial charge in [-0.15, -0.1) is 5.10 Å². The van der Waals surface area contributed by atoms with Crippen LogP contribution >= 0.6 is 0 Å². The van der Waals surface area contributed by atoms with Gasteiger partial charge in [0, 0.05) is 17.7 Å². The summed E-state index contributed by atoms with van der Waals surface area (Å²) in [4.78, 5) is 16.8. The zero-order valence-electron chi connectivity index (χ0n) is 14.3. The summed E-state index contributed by atoms with van der Waals surface area (Å²) in [6.07, 6.45) is 0. The van der Waals surface area contributed by atoms with Crippen LogP contribution in [0.25, 0.3) is 11.3 Å². The van der Waals surface area contributed by atoms with Crippen molar-refractivity contribution in [1.82, 2.24) is 25.6 Å². The molecule has 10 nitrogen and oxygen atoms in total. The third-order valence-corrected chi connectivity index (χ3v) is 3.52. The number of pyridine rings is 1. The molecule has 2 aromatic heterocycles. The van der Waals surface area contributed by atoms with Gasteiger partial charge in [0.2, 0.25) is 0 Å². The van der Waals surface area contributed by atoms with Gasteiger partial charge < -0.3 is 14.2 Å². The fraction of sp³-hybridized carbons (Fsp3) is 0.188. The maximum atomic E-state index is 12.4. The van der Waals surface area contributed by atoms with Crippen molar-refractivity contribution in [2.24, 2.45) is 0 Å². The van der Waals surface area contributed by atoms with E-state index in [-0.39, 0.29) is 11.6 Å². The Labute approximate surface area is 148 Å². The number of aromatic nitrogens is 5. The molecular formula is C16H16N6O4. The SMILES string of the molecule is COc1cc(C(=O)Nc2nn[nH]n2)nc(-c2ccc(OC)c(OC)c2)c1. The van der Waals surface area contributed by atoms with Gasteiger partial charge in [-0.2, -0.15) is 5.21 Å². The van der Waals surface area contributed by atoms with Gasteiger partial charge in [-0.1, -0.05) is 5.10 Å². The van der Waals surface area contributed by atoms with E-state index in [1.807, 2.05) is 6.07 Å². The van der Waals surface area contributed by atoms with Gasteiger partial charge in [-0.25, -0.2) is 4.98 Å². The van der Waals surface area contributed by atoms with E-state index in [9.17, 15) is 4.79 Å². The number of nitrogens with one attached hydrogen (secondary N) is 2. The standard InChI is InChI=1S/C16H16N6O4/c1-24-10-7-11(9-4-5-13(25-2)14(6-9)26-3)17-12(8-10)15(23)18-16-19-21-22-20-16/h4-8H,1-3H3,(H2,18,19,20,21,22,23). The maximum Gasteiger partial charge on any atom is 0.276 e. The van der Waals surface area contributed by atoms with Gasteiger partial charge in [0.05, 0.1) is 27.0 Å². The average Bonchev–Trinajstić information content (AvgIpc) is 3.19. The van der Waals surface area contributed by atoms with Crippen molar-refractivity contribution in [2.45, 2.75) is 0 Å². The summed E-state index contributed by atoms with van der Waals surface area (Å²) in [6, 6.07) is 8.56. The monoisotopic (exact) mass is 356 g/mol. The van der Waals surface area contributed by atoms with E-state index in [0.717, 1.165) is 5.56 Å². The number of methoxy groups -OCH3 is 3. The molecule has 134 valence electrons. The van der Waals surface area contributed by atoms with Crippen LogP contribution in [0.1, 0.15) is 10.5 Å². The van der Waals surface area contributed by atoms with E-state index < -0.39 is 5.91 Å². The second kappa shape index (κ2) is 7.47. The summed E-state index contributed by atoms with van der Waals surface area (Å²) in [5.41, 5.74) is 1.40. The molecular weight excluding hydrogens is 340 g/mol. The molecule has 1 amide bonds. The molecule has 0 fully saturated rings. The zero-order valence-corrected chi connectivity index (χ0v) is 14.3. The molecule has 0 aliphatic rings. The molecule has 0 saturated carbocycles. The lowest BCUT2D eigenvalue weighted by atomic mass is 10.1. The zero-order chi connectivity index (χ0) is 18.5. The number of tetrazole rings is 1. The Hall–Kier alpha value is -3.69. The van der Waals surface area contributed by atoms with Crippen molar-refractivity contribution in [1.29, 1.82) is 0 Å². The summed E-state index contributed by atoms with van der Waals surface area (Å²) in [5.74, 6) is 1.17. The highest BCUT2D eigenvalue weighted by Gasteiger charge is 2.15. The topological polar surface area (TPSA) is 124 Å². The molecule has 3 rings (SSSR count). The predicted molar refractivity (Wildman–Crippen MR) is 91.5 cm³/mol. The molecule has 0 atom stereocenters. The van der Waals surface area contributed by atoms with Crippen molar-refractivity contribution in [3.8, 4) is 28.5 Å². The van der Waals surface area contributed by atoms with Gasteiger partial charge in [0.1, 0.15) is 11.4 Å². The Balaban J connectivity index is 1.98. The van der Waals surface area contributed by atoms with Gasteiger partial charge in [0.15, 0.2) is 11.5 Å². The first-order chi connectivity index (χ1) is 12.6. The lowest BCUT2D eigenvalue weighted by Gasteiger charge is -2.11. The lowest BCUT2D eigenvalue weighted by Crippen LogP contribution is -2.15. The Kier molecular flexibility index (Phi) is 4.92. The van der Waals surface area contributed by atoms with Crippen LogP contribution in [-0.4, -0.2) is 52.8 Å². The predicted octanol–water partition coefficient (Wildman–Crippen LogP) is 1.54. The highest BCUT2D eigenvalue weighted by molar-refractivity contribution is 6.02. The lowest BCUT2D eigenvalue weighted by molar-refractivity contribution is 0.102. The number of ether oxygens (including phenoxy) is 3. The van der Waals surface area contributed by atoms with Crippen LogP contribution < -0.4 is 19.5 Å². The second-order valence-corrected chi connectivity index (χ2v) is 5.04. The van der Waals surface area contributed by atoms with Crippen molar-refractivity contribution in [3.05, 3.63) is 36.0 Å². The number of hydrogen-bond acceptors (Lipinski definition) is 8. The molecule has 1 aromatic carbocycles. The molecule has 2 N–H and O–H groups in total. The Morgan fingerprint density at radius 1 is 1.04 bits per heavy atom. The summed E-state index contributed by atoms with van der Waals surface area (Å²) >= 11 is 0. The molecule has 10 heteroatoms. The fourth-order valence-corrected chi connectivity index (χ4v) is 2.26. The van der Waals surface area contributed by atoms with Gasteiger partial charge >= 0.3 is 0 Å². The van der Waals surface area contributed by atoms with E-state index in [4.69, 9.17) is 14.2 Å². The van der Waals surface area contributed by atoms with Crippen LogP contribution in [0.5, 0.6) is 17.2 Å². The Morgan fingerprint density at radius 2 is 1.85 bits per heavy atom. The molecule has 0 aliphatic carbocycles. The first-order valence-corrected chi connectivity index (χ1v) is 7.48. The number of benzene rings is 1. The highest BCUT2D eigenvalue weighted by atomic mass is 16.5. The fourth-order valence-electron chi connectivity index (χ4n) is 2.26. The van der Waals surface area contributed by atoms with Crippen molar-refractivity contribution in [2.75, 3.05) is 26.6 Å². The van der Waals surface area contributed by atoms with E-state index in [2.05, 4.69) is 30.9 Å². The van der Waals surface area contributed by atoms with E-state index in [0.29, 0.717) is 22.9 Å². The van der Waals surface area contributed by atoms with Crippen LogP contribution in [0, 0.1) is 0 Å². The molecule has 26 heavy (non-hydrogen) atoms. The van der Waals surface area contributed by atoms with E-state index in [1.165, 1.54) is 13.2 Å². The number of anilines is 1. The summed E-state index contributed by atoms with van der Waals surface area (Å²) in [7, 11) is 4.61. The van der Waals surface area contributed by atoms with Crippen molar-refractivity contribution >= 4 is 11.9 Å². The van der Waals surface area contributed by atoms with Crippen LogP contribution in [0.15, 0.2) is 30.3 Å². The Bertz CT molecular complexity index is 913. The van der Waals surface area contributed by atoms with Crippen LogP contribution in [0.2, 0.25) is 0 Å². The number of rotatable bonds is 6. The van der Waals surface area contributed by atoms with Crippen LogP contribution in [0.3, 0.4) is 0 Å². The third-order valence-electron chi connectivity index (χ3n) is 3.52. The molecule has 0 aliphatic heterocycles. The number of nitrogens with zero attached hydrogens (tertiary/aromatic N) is 4. The number of carbonyl (C=O) groups is 1. The van der Waals surface area contributed by atoms with Gasteiger partial charge in [-0.3, -0.25) is 10.1 Å². The number of aromatic amines is 1. The van der Waals surface area contributed by atoms with E-state index >= 15 is 0 Å². The minimum absolute atomic E-state index is 0.0484. The highest BCUT2D eigenvalue weighted by Crippen LogP contribution is 2.32. The maximum absolute atomic E-state index is 12.4. The smallest absolute Gasteiger partial charge is 0.276 e. The average molecular weight is 356 g/mol. The number of carbonyl (C=O) groups excluding carboxylic acids is 1. The molecule has 0 saturated heterocycles. The number of hydrogen-bond donors (Lipinski definition) is 2. The molecule has 2 heterocycles. The first-order valence-electron chi connectivity index (χ1n) is 7.48. The van der Waals surface area contributed by atoms with Crippen molar-refractivity contribution < 1.29 is 19.0 Å². The quantitative estimate of drug-likeness (QED) is 0.681. The summed E-state index contributed by atoms with van der Waals surface area (Å²) in [6.45, 7) is 0. The van der Waals surface area contributed by atoms with Gasteiger partial charge in [0.25, 0.3) is 11.9 Å². The molecule has 3 aromatic rings. The summed E-state index contributed by atoms with van der Waals surface area (Å²) < 4.78 is 15.8. The van der Waals surface area contributed by atoms with Crippen LogP contribution in [0.4, 0.5) is 5.95 Å². The minimum Gasteiger partial charge on any atom is -0.497 e.